The van der Waals surface area contributed by atoms with Gasteiger partial charge in [0.05, 0.1) is 23.4 Å². The van der Waals surface area contributed by atoms with Crippen LogP contribution in [0.3, 0.4) is 0 Å². The predicted octanol–water partition coefficient (Wildman–Crippen LogP) is 1.76. The van der Waals surface area contributed by atoms with Crippen molar-refractivity contribution in [1.29, 1.82) is 0 Å². The number of para-hydroxylation sites is 1. The van der Waals surface area contributed by atoms with Crippen LogP contribution in [0.4, 0.5) is 0 Å². The van der Waals surface area contributed by atoms with Crippen molar-refractivity contribution in [2.24, 2.45) is 5.41 Å². The van der Waals surface area contributed by atoms with Crippen LogP contribution in [0.25, 0.3) is 16.3 Å². The topological polar surface area (TPSA) is 73.7 Å². The zero-order chi connectivity index (χ0) is 16.2. The zero-order valence-electron chi connectivity index (χ0n) is 12.7. The molecule has 0 radical (unpaired) electrons. The first kappa shape index (κ1) is 16.6. The predicted molar refractivity (Wildman–Crippen MR) is 88.6 cm³/mol. The summed E-state index contributed by atoms with van der Waals surface area (Å²) < 4.78 is 1.08. The number of carbonyl (C=O) groups excluding carboxylic acids is 1. The van der Waals surface area contributed by atoms with Crippen LogP contribution in [-0.4, -0.2) is 52.8 Å². The quantitative estimate of drug-likeness (QED) is 0.796. The molecule has 2 N–H and O–H groups in total. The maximum absolute atomic E-state index is 12.1. The molecule has 2 aromatic rings. The summed E-state index contributed by atoms with van der Waals surface area (Å²) in [7, 11) is 1.65. The molecular formula is C16H20N2O3S. The van der Waals surface area contributed by atoms with E-state index in [0.717, 1.165) is 15.2 Å². The number of rotatable bonds is 6. The number of hydrogen-bond donors (Lipinski definition) is 2. The molecule has 118 valence electrons. The van der Waals surface area contributed by atoms with Crippen molar-refractivity contribution < 1.29 is 15.0 Å². The molecule has 0 bridgehead atoms. The van der Waals surface area contributed by atoms with Crippen LogP contribution in [0, 0.1) is 5.41 Å². The third-order valence-corrected chi connectivity index (χ3v) is 4.44. The third kappa shape index (κ3) is 3.91. The van der Waals surface area contributed by atoms with Gasteiger partial charge >= 0.3 is 0 Å². The lowest BCUT2D eigenvalue weighted by atomic mass is 9.92. The van der Waals surface area contributed by atoms with E-state index in [1.54, 1.807) is 20.0 Å². The summed E-state index contributed by atoms with van der Waals surface area (Å²) in [5.41, 5.74) is 0.217. The Morgan fingerprint density at radius 1 is 1.36 bits per heavy atom. The molecule has 5 nitrogen and oxygen atoms in total. The number of benzene rings is 1. The Morgan fingerprint density at radius 3 is 2.68 bits per heavy atom. The summed E-state index contributed by atoms with van der Waals surface area (Å²) in [5.74, 6) is -0.188. The Balaban J connectivity index is 2.04. The molecule has 0 unspecified atom stereocenters. The van der Waals surface area contributed by atoms with Gasteiger partial charge in [-0.2, -0.15) is 0 Å². The first-order chi connectivity index (χ1) is 10.5. The van der Waals surface area contributed by atoms with Gasteiger partial charge in [0.15, 0.2) is 0 Å². The minimum absolute atomic E-state index is 0.178. The summed E-state index contributed by atoms with van der Waals surface area (Å²) in [5, 5.41) is 19.3. The van der Waals surface area contributed by atoms with Gasteiger partial charge in [0.25, 0.3) is 0 Å². The van der Waals surface area contributed by atoms with E-state index in [-0.39, 0.29) is 25.7 Å². The summed E-state index contributed by atoms with van der Waals surface area (Å²) in [4.78, 5) is 18.0. The van der Waals surface area contributed by atoms with E-state index < -0.39 is 5.41 Å². The number of carbonyl (C=O) groups is 1. The molecule has 0 spiro atoms. The molecule has 0 saturated carbocycles. The van der Waals surface area contributed by atoms with Crippen LogP contribution in [0.5, 0.6) is 0 Å². The van der Waals surface area contributed by atoms with Crippen molar-refractivity contribution in [3.8, 4) is 0 Å². The number of amides is 1. The summed E-state index contributed by atoms with van der Waals surface area (Å²) >= 11 is 1.52. The molecule has 2 rings (SSSR count). The van der Waals surface area contributed by atoms with Gasteiger partial charge in [-0.1, -0.05) is 19.1 Å². The fraction of sp³-hybridized carbons (Fsp3) is 0.375. The largest absolute Gasteiger partial charge is 0.396 e. The van der Waals surface area contributed by atoms with E-state index in [0.29, 0.717) is 0 Å². The Kier molecular flexibility index (Phi) is 5.28. The number of fused-ring (bicyclic) bond motifs is 1. The highest BCUT2D eigenvalue weighted by Gasteiger charge is 2.25. The van der Waals surface area contributed by atoms with E-state index in [2.05, 4.69) is 4.98 Å². The van der Waals surface area contributed by atoms with Gasteiger partial charge in [-0.05, 0) is 18.2 Å². The Hall–Kier alpha value is -1.76. The van der Waals surface area contributed by atoms with E-state index in [4.69, 9.17) is 0 Å². The number of nitrogens with zero attached hydrogens (tertiary/aromatic N) is 2. The van der Waals surface area contributed by atoms with Gasteiger partial charge in [0, 0.05) is 25.1 Å². The van der Waals surface area contributed by atoms with Crippen LogP contribution in [0.2, 0.25) is 0 Å². The van der Waals surface area contributed by atoms with Crippen molar-refractivity contribution in [2.45, 2.75) is 6.92 Å². The molecule has 0 saturated heterocycles. The molecule has 0 fully saturated rings. The lowest BCUT2D eigenvalue weighted by Crippen LogP contribution is -2.41. The average molecular weight is 320 g/mol. The highest BCUT2D eigenvalue weighted by molar-refractivity contribution is 7.19. The lowest BCUT2D eigenvalue weighted by molar-refractivity contribution is -0.126. The van der Waals surface area contributed by atoms with E-state index in [1.807, 2.05) is 24.3 Å². The van der Waals surface area contributed by atoms with E-state index in [1.165, 1.54) is 22.3 Å². The molecule has 22 heavy (non-hydrogen) atoms. The average Bonchev–Trinajstić information content (AvgIpc) is 2.95. The maximum Gasteiger partial charge on any atom is 0.246 e. The monoisotopic (exact) mass is 320 g/mol. The molecule has 0 aliphatic heterocycles. The number of aliphatic hydroxyl groups excluding tert-OH is 2. The Bertz CT molecular complexity index is 644. The van der Waals surface area contributed by atoms with Crippen LogP contribution in [-0.2, 0) is 4.79 Å². The number of hydrogen-bond acceptors (Lipinski definition) is 5. The summed E-state index contributed by atoms with van der Waals surface area (Å²) in [6, 6.07) is 7.81. The molecule has 1 aromatic carbocycles. The summed E-state index contributed by atoms with van der Waals surface area (Å²) in [6.07, 6.45) is 3.16. The minimum Gasteiger partial charge on any atom is -0.396 e. The normalized spacial score (nSPS) is 12.2. The SMILES string of the molecule is CN(CC(C)(CO)CO)C(=O)/C=C/c1nc2ccccc2s1. The van der Waals surface area contributed by atoms with Crippen molar-refractivity contribution >= 4 is 33.5 Å². The second-order valence-electron chi connectivity index (χ2n) is 5.67. The Morgan fingerprint density at radius 2 is 2.05 bits per heavy atom. The zero-order valence-corrected chi connectivity index (χ0v) is 13.5. The molecule has 1 aromatic heterocycles. The molecule has 0 atom stereocenters. The molecule has 1 heterocycles. The van der Waals surface area contributed by atoms with Crippen molar-refractivity contribution in [2.75, 3.05) is 26.8 Å². The number of likely N-dealkylation sites (N-methyl/N-ethyl adjacent to an activating group) is 1. The van der Waals surface area contributed by atoms with Crippen molar-refractivity contribution in [1.82, 2.24) is 9.88 Å². The van der Waals surface area contributed by atoms with Crippen LogP contribution in [0.15, 0.2) is 30.3 Å². The number of thiazole rings is 1. The Labute approximate surface area is 133 Å². The van der Waals surface area contributed by atoms with E-state index >= 15 is 0 Å². The molecule has 6 heteroatoms. The third-order valence-electron chi connectivity index (χ3n) is 3.44. The molecule has 0 aliphatic carbocycles. The smallest absolute Gasteiger partial charge is 0.246 e. The molecular weight excluding hydrogens is 300 g/mol. The van der Waals surface area contributed by atoms with Crippen LogP contribution >= 0.6 is 11.3 Å². The first-order valence-corrected chi connectivity index (χ1v) is 7.79. The fourth-order valence-corrected chi connectivity index (χ4v) is 2.90. The van der Waals surface area contributed by atoms with E-state index in [9.17, 15) is 15.0 Å². The summed E-state index contributed by atoms with van der Waals surface area (Å²) in [6.45, 7) is 1.66. The number of aromatic nitrogens is 1. The molecule has 0 aliphatic rings. The lowest BCUT2D eigenvalue weighted by Gasteiger charge is -2.29. The first-order valence-electron chi connectivity index (χ1n) is 6.98. The van der Waals surface area contributed by atoms with Crippen LogP contribution < -0.4 is 0 Å². The molecule has 1 amide bonds. The second kappa shape index (κ2) is 7.00. The standard InChI is InChI=1S/C16H20N2O3S/c1-16(10-19,11-20)9-18(2)15(21)8-7-14-17-12-5-3-4-6-13(12)22-14/h3-8,19-20H,9-11H2,1-2H3/b8-7+. The van der Waals surface area contributed by atoms with Gasteiger partial charge < -0.3 is 15.1 Å². The number of aliphatic hydroxyl groups is 2. The fourth-order valence-electron chi connectivity index (χ4n) is 2.03. The highest BCUT2D eigenvalue weighted by Crippen LogP contribution is 2.22. The highest BCUT2D eigenvalue weighted by atomic mass is 32.1. The maximum atomic E-state index is 12.1. The van der Waals surface area contributed by atoms with Gasteiger partial charge in [-0.3, -0.25) is 4.79 Å². The van der Waals surface area contributed by atoms with Crippen molar-refractivity contribution in [3.05, 3.63) is 35.3 Å². The second-order valence-corrected chi connectivity index (χ2v) is 6.74. The van der Waals surface area contributed by atoms with Gasteiger partial charge in [-0.15, -0.1) is 11.3 Å². The van der Waals surface area contributed by atoms with Crippen LogP contribution in [0.1, 0.15) is 11.9 Å². The van der Waals surface area contributed by atoms with Gasteiger partial charge in [-0.25, -0.2) is 4.98 Å². The van der Waals surface area contributed by atoms with Gasteiger partial charge in [0.1, 0.15) is 5.01 Å². The minimum atomic E-state index is -0.700. The van der Waals surface area contributed by atoms with Gasteiger partial charge in [0.2, 0.25) is 5.91 Å². The van der Waals surface area contributed by atoms with Crippen molar-refractivity contribution in [3.63, 3.8) is 0 Å².